The Balaban J connectivity index is 1.60. The molecule has 4 rings (SSSR count). The number of thioether (sulfide) groups is 2. The van der Waals surface area contributed by atoms with Gasteiger partial charge in [-0.05, 0) is 36.1 Å². The molecule has 4 nitrogen and oxygen atoms in total. The minimum absolute atomic E-state index is 0.0571. The van der Waals surface area contributed by atoms with Crippen molar-refractivity contribution in [2.75, 3.05) is 12.0 Å². The topological polar surface area (TPSA) is 49.0 Å². The van der Waals surface area contributed by atoms with Gasteiger partial charge in [0.1, 0.15) is 11.2 Å². The number of aromatic amines is 1. The quantitative estimate of drug-likeness (QED) is 0.717. The van der Waals surface area contributed by atoms with Crippen molar-refractivity contribution in [2.24, 2.45) is 0 Å². The van der Waals surface area contributed by atoms with Crippen molar-refractivity contribution in [3.63, 3.8) is 0 Å². The fourth-order valence-corrected chi connectivity index (χ4v) is 4.51. The summed E-state index contributed by atoms with van der Waals surface area (Å²) < 4.78 is 0. The molecule has 1 aliphatic rings. The average Bonchev–Trinajstić information content (AvgIpc) is 3.19. The van der Waals surface area contributed by atoms with Gasteiger partial charge in [-0.2, -0.15) is 0 Å². The number of rotatable bonds is 4. The van der Waals surface area contributed by atoms with E-state index in [0.717, 1.165) is 16.9 Å². The zero-order valence-corrected chi connectivity index (χ0v) is 14.9. The van der Waals surface area contributed by atoms with E-state index in [1.165, 1.54) is 10.5 Å². The number of hydrogen-bond donors (Lipinski definition) is 1. The highest BCUT2D eigenvalue weighted by molar-refractivity contribution is 8.00. The molecule has 2 aromatic carbocycles. The highest BCUT2D eigenvalue weighted by Gasteiger charge is 2.33. The van der Waals surface area contributed by atoms with Crippen LogP contribution in [0.15, 0.2) is 53.4 Å². The van der Waals surface area contributed by atoms with E-state index in [-0.39, 0.29) is 11.3 Å². The monoisotopic (exact) mass is 355 g/mol. The number of aromatic nitrogens is 2. The Kier molecular flexibility index (Phi) is 4.24. The Morgan fingerprint density at radius 3 is 2.79 bits per heavy atom. The second kappa shape index (κ2) is 6.53. The molecular weight excluding hydrogens is 338 g/mol. The minimum Gasteiger partial charge on any atom is -0.340 e. The maximum Gasteiger partial charge on any atom is 0.234 e. The molecule has 0 spiro atoms. The molecule has 3 aromatic rings. The van der Waals surface area contributed by atoms with Crippen LogP contribution in [0.2, 0.25) is 0 Å². The summed E-state index contributed by atoms with van der Waals surface area (Å²) in [5.41, 5.74) is 3.11. The molecule has 0 aliphatic carbocycles. The number of nitrogens with zero attached hydrogens (tertiary/aromatic N) is 2. The van der Waals surface area contributed by atoms with Crippen LogP contribution >= 0.6 is 23.5 Å². The van der Waals surface area contributed by atoms with Gasteiger partial charge in [-0.15, -0.1) is 23.5 Å². The predicted octanol–water partition coefficient (Wildman–Crippen LogP) is 4.06. The lowest BCUT2D eigenvalue weighted by molar-refractivity contribution is -0.128. The number of H-pyrrole nitrogens is 1. The van der Waals surface area contributed by atoms with Crippen LogP contribution in [0.1, 0.15) is 16.8 Å². The first-order valence-corrected chi connectivity index (χ1v) is 10.0. The summed E-state index contributed by atoms with van der Waals surface area (Å²) in [5, 5.41) is 0.0571. The molecule has 6 heteroatoms. The molecule has 1 fully saturated rings. The molecule has 24 heavy (non-hydrogen) atoms. The third-order valence-electron chi connectivity index (χ3n) is 4.13. The molecule has 1 saturated heterocycles. The van der Waals surface area contributed by atoms with Crippen LogP contribution in [0.3, 0.4) is 0 Å². The van der Waals surface area contributed by atoms with E-state index in [1.807, 2.05) is 29.2 Å². The molecule has 1 aromatic heterocycles. The zero-order chi connectivity index (χ0) is 16.5. The van der Waals surface area contributed by atoms with Gasteiger partial charge in [-0.1, -0.05) is 24.3 Å². The standard InChI is InChI=1S/C18H17N3OS2/c1-23-13-8-6-12(7-9-13)18-21(17(22)11-24-18)10-16-19-14-4-2-3-5-15(14)20-16/h2-9,18H,10-11H2,1H3,(H,19,20). The Bertz CT molecular complexity index is 842. The lowest BCUT2D eigenvalue weighted by Gasteiger charge is -2.23. The maximum absolute atomic E-state index is 12.4. The smallest absolute Gasteiger partial charge is 0.234 e. The van der Waals surface area contributed by atoms with E-state index in [1.54, 1.807) is 23.5 Å². The zero-order valence-electron chi connectivity index (χ0n) is 13.2. The van der Waals surface area contributed by atoms with Gasteiger partial charge in [0.05, 0.1) is 23.3 Å². The van der Waals surface area contributed by atoms with Crippen LogP contribution in [0.25, 0.3) is 11.0 Å². The Hall–Kier alpha value is -1.92. The summed E-state index contributed by atoms with van der Waals surface area (Å²) in [6.45, 7) is 0.509. The van der Waals surface area contributed by atoms with Gasteiger partial charge in [0, 0.05) is 4.90 Å². The lowest BCUT2D eigenvalue weighted by atomic mass is 10.2. The van der Waals surface area contributed by atoms with Crippen molar-refractivity contribution in [1.29, 1.82) is 0 Å². The van der Waals surface area contributed by atoms with Gasteiger partial charge >= 0.3 is 0 Å². The van der Waals surface area contributed by atoms with Crippen LogP contribution in [0.4, 0.5) is 0 Å². The number of para-hydroxylation sites is 2. The van der Waals surface area contributed by atoms with Gasteiger partial charge in [-0.25, -0.2) is 4.98 Å². The molecule has 1 N–H and O–H groups in total. The number of fused-ring (bicyclic) bond motifs is 1. The first kappa shape index (κ1) is 15.6. The Labute approximate surface area is 149 Å². The summed E-state index contributed by atoms with van der Waals surface area (Å²) in [4.78, 5) is 23.4. The van der Waals surface area contributed by atoms with E-state index < -0.39 is 0 Å². The molecule has 2 heterocycles. The minimum atomic E-state index is 0.0571. The summed E-state index contributed by atoms with van der Waals surface area (Å²) in [5.74, 6) is 1.52. The van der Waals surface area contributed by atoms with Gasteiger partial charge < -0.3 is 9.88 Å². The van der Waals surface area contributed by atoms with Crippen LogP contribution in [0, 0.1) is 0 Å². The number of hydrogen-bond acceptors (Lipinski definition) is 4. The molecule has 122 valence electrons. The lowest BCUT2D eigenvalue weighted by Crippen LogP contribution is -2.28. The summed E-state index contributed by atoms with van der Waals surface area (Å²) in [6, 6.07) is 16.4. The van der Waals surface area contributed by atoms with E-state index in [4.69, 9.17) is 0 Å². The van der Waals surface area contributed by atoms with Gasteiger partial charge in [0.15, 0.2) is 0 Å². The van der Waals surface area contributed by atoms with Crippen LogP contribution in [0.5, 0.6) is 0 Å². The van der Waals surface area contributed by atoms with Crippen molar-refractivity contribution in [2.45, 2.75) is 16.8 Å². The number of nitrogens with one attached hydrogen (secondary N) is 1. The predicted molar refractivity (Wildman–Crippen MR) is 100 cm³/mol. The third-order valence-corrected chi connectivity index (χ3v) is 6.13. The molecule has 1 unspecified atom stereocenters. The fourth-order valence-electron chi connectivity index (χ4n) is 2.91. The largest absolute Gasteiger partial charge is 0.340 e. The second-order valence-electron chi connectivity index (χ2n) is 5.66. The van der Waals surface area contributed by atoms with Crippen molar-refractivity contribution >= 4 is 40.5 Å². The van der Waals surface area contributed by atoms with Crippen molar-refractivity contribution in [1.82, 2.24) is 14.9 Å². The molecule has 0 bridgehead atoms. The highest BCUT2D eigenvalue weighted by atomic mass is 32.2. The SMILES string of the molecule is CSc1ccc(C2SCC(=O)N2Cc2nc3ccccc3[nH]2)cc1. The number of amides is 1. The van der Waals surface area contributed by atoms with E-state index in [2.05, 4.69) is 40.5 Å². The van der Waals surface area contributed by atoms with Crippen molar-refractivity contribution < 1.29 is 4.79 Å². The van der Waals surface area contributed by atoms with Crippen molar-refractivity contribution in [3.05, 3.63) is 59.9 Å². The van der Waals surface area contributed by atoms with E-state index in [9.17, 15) is 4.79 Å². The first-order chi connectivity index (χ1) is 11.7. The fraction of sp³-hybridized carbons (Fsp3) is 0.222. The van der Waals surface area contributed by atoms with Crippen molar-refractivity contribution in [3.8, 4) is 0 Å². The molecule has 0 saturated carbocycles. The first-order valence-electron chi connectivity index (χ1n) is 7.73. The highest BCUT2D eigenvalue weighted by Crippen LogP contribution is 2.39. The number of carbonyl (C=O) groups is 1. The Morgan fingerprint density at radius 2 is 2.04 bits per heavy atom. The Morgan fingerprint density at radius 1 is 1.25 bits per heavy atom. The third kappa shape index (κ3) is 2.91. The van der Waals surface area contributed by atoms with Gasteiger partial charge in [0.25, 0.3) is 0 Å². The number of imidazole rings is 1. The molecular formula is C18H17N3OS2. The van der Waals surface area contributed by atoms with E-state index >= 15 is 0 Å². The van der Waals surface area contributed by atoms with Gasteiger partial charge in [0.2, 0.25) is 5.91 Å². The van der Waals surface area contributed by atoms with E-state index in [0.29, 0.717) is 12.3 Å². The molecule has 0 radical (unpaired) electrons. The second-order valence-corrected chi connectivity index (χ2v) is 7.61. The molecule has 1 aliphatic heterocycles. The summed E-state index contributed by atoms with van der Waals surface area (Å²) in [6.07, 6.45) is 2.07. The average molecular weight is 355 g/mol. The molecule has 1 atom stereocenters. The van der Waals surface area contributed by atoms with Crippen LogP contribution in [-0.2, 0) is 11.3 Å². The normalized spacial score (nSPS) is 17.8. The number of benzene rings is 2. The summed E-state index contributed by atoms with van der Waals surface area (Å²) >= 11 is 3.40. The number of carbonyl (C=O) groups excluding carboxylic acids is 1. The maximum atomic E-state index is 12.4. The van der Waals surface area contributed by atoms with Crippen LogP contribution in [-0.4, -0.2) is 32.8 Å². The molecule has 1 amide bonds. The van der Waals surface area contributed by atoms with Crippen LogP contribution < -0.4 is 0 Å². The van der Waals surface area contributed by atoms with Gasteiger partial charge in [-0.3, -0.25) is 4.79 Å². The summed E-state index contributed by atoms with van der Waals surface area (Å²) in [7, 11) is 0.